The first-order chi connectivity index (χ1) is 10.7. The molecule has 1 amide bonds. The molecule has 3 rings (SSSR count). The van der Waals surface area contributed by atoms with Crippen molar-refractivity contribution >= 4 is 27.5 Å². The van der Waals surface area contributed by atoms with Crippen molar-refractivity contribution in [1.29, 1.82) is 0 Å². The Hall–Kier alpha value is -2.40. The summed E-state index contributed by atoms with van der Waals surface area (Å²) >= 11 is 1.51. The molecule has 5 heteroatoms. The number of furan rings is 1. The molecule has 0 aliphatic heterocycles. The van der Waals surface area contributed by atoms with Gasteiger partial charge in [0.2, 0.25) is 0 Å². The molecule has 3 aromatic rings. The predicted octanol–water partition coefficient (Wildman–Crippen LogP) is 3.79. The first-order valence-electron chi connectivity index (χ1n) is 7.08. The van der Waals surface area contributed by atoms with Gasteiger partial charge in [0.25, 0.3) is 0 Å². The van der Waals surface area contributed by atoms with E-state index in [0.29, 0.717) is 11.3 Å². The van der Waals surface area contributed by atoms with E-state index < -0.39 is 0 Å². The van der Waals surface area contributed by atoms with Gasteiger partial charge in [-0.1, -0.05) is 30.4 Å². The minimum Gasteiger partial charge on any atom is -0.459 e. The van der Waals surface area contributed by atoms with Gasteiger partial charge < -0.3 is 8.98 Å². The zero-order valence-electron chi connectivity index (χ0n) is 12.3. The fourth-order valence-corrected chi connectivity index (χ4v) is 3.37. The molecule has 0 atom stereocenters. The third-order valence-corrected chi connectivity index (χ3v) is 4.44. The van der Waals surface area contributed by atoms with Gasteiger partial charge in [0.05, 0.1) is 16.5 Å². The van der Waals surface area contributed by atoms with Crippen LogP contribution in [0, 0.1) is 0 Å². The standard InChI is InChI=1S/C17H16N2O2S/c1-3-9-19-13-8-7-12(4-2)11-15(13)22-17(19)18-16(20)14-6-5-10-21-14/h3,5-8,10-11H,1,4,9H2,2H3. The smallest absolute Gasteiger partial charge is 0.315 e. The molecule has 0 N–H and O–H groups in total. The van der Waals surface area contributed by atoms with Gasteiger partial charge >= 0.3 is 5.91 Å². The van der Waals surface area contributed by atoms with Gasteiger partial charge in [-0.15, -0.1) is 6.58 Å². The number of hydrogen-bond acceptors (Lipinski definition) is 3. The summed E-state index contributed by atoms with van der Waals surface area (Å²) in [4.78, 5) is 17.0. The van der Waals surface area contributed by atoms with Crippen molar-refractivity contribution in [3.8, 4) is 0 Å². The van der Waals surface area contributed by atoms with Crippen LogP contribution >= 0.6 is 11.3 Å². The van der Waals surface area contributed by atoms with Crippen LogP contribution in [0.3, 0.4) is 0 Å². The van der Waals surface area contributed by atoms with E-state index in [2.05, 4.69) is 36.7 Å². The highest BCUT2D eigenvalue weighted by molar-refractivity contribution is 7.16. The number of carbonyl (C=O) groups excluding carboxylic acids is 1. The Kier molecular flexibility index (Phi) is 4.06. The number of allylic oxidation sites excluding steroid dienone is 1. The molecule has 0 aliphatic rings. The minimum absolute atomic E-state index is 0.247. The van der Waals surface area contributed by atoms with Gasteiger partial charge in [-0.05, 0) is 36.2 Å². The number of carbonyl (C=O) groups is 1. The third kappa shape index (κ3) is 2.67. The topological polar surface area (TPSA) is 47.5 Å². The molecule has 0 saturated carbocycles. The molecule has 0 spiro atoms. The van der Waals surface area contributed by atoms with Crippen LogP contribution in [0.1, 0.15) is 23.0 Å². The van der Waals surface area contributed by atoms with Gasteiger partial charge in [-0.3, -0.25) is 4.79 Å². The van der Waals surface area contributed by atoms with Crippen LogP contribution < -0.4 is 4.80 Å². The summed E-state index contributed by atoms with van der Waals surface area (Å²) in [6.07, 6.45) is 4.25. The number of aromatic nitrogens is 1. The van der Waals surface area contributed by atoms with Crippen molar-refractivity contribution < 1.29 is 9.21 Å². The second kappa shape index (κ2) is 6.15. The molecule has 0 fully saturated rings. The van der Waals surface area contributed by atoms with E-state index in [1.807, 2.05) is 4.57 Å². The summed E-state index contributed by atoms with van der Waals surface area (Å²) in [6.45, 7) is 6.52. The minimum atomic E-state index is -0.370. The lowest BCUT2D eigenvalue weighted by molar-refractivity contribution is 0.0971. The summed E-state index contributed by atoms with van der Waals surface area (Å²) in [7, 11) is 0. The Morgan fingerprint density at radius 2 is 2.32 bits per heavy atom. The highest BCUT2D eigenvalue weighted by Crippen LogP contribution is 2.20. The second-order valence-corrected chi connectivity index (χ2v) is 5.84. The van der Waals surface area contributed by atoms with Crippen molar-refractivity contribution in [3.63, 3.8) is 0 Å². The van der Waals surface area contributed by atoms with Gasteiger partial charge in [-0.2, -0.15) is 4.99 Å². The van der Waals surface area contributed by atoms with E-state index in [9.17, 15) is 4.79 Å². The first-order valence-corrected chi connectivity index (χ1v) is 7.90. The highest BCUT2D eigenvalue weighted by Gasteiger charge is 2.10. The Bertz CT molecular complexity index is 885. The average Bonchev–Trinajstić information content (AvgIpc) is 3.16. The number of aryl methyl sites for hydroxylation is 1. The van der Waals surface area contributed by atoms with Gasteiger partial charge in [0.1, 0.15) is 0 Å². The van der Waals surface area contributed by atoms with E-state index in [0.717, 1.165) is 16.6 Å². The summed E-state index contributed by atoms with van der Waals surface area (Å²) in [6, 6.07) is 9.62. The van der Waals surface area contributed by atoms with Crippen molar-refractivity contribution in [3.05, 3.63) is 65.4 Å². The molecule has 0 unspecified atom stereocenters. The summed E-state index contributed by atoms with van der Waals surface area (Å²) in [5.74, 6) is -0.123. The van der Waals surface area contributed by atoms with Gasteiger partial charge in [0, 0.05) is 6.54 Å². The average molecular weight is 312 g/mol. The van der Waals surface area contributed by atoms with Crippen LogP contribution in [0.25, 0.3) is 10.2 Å². The molecule has 0 radical (unpaired) electrons. The van der Waals surface area contributed by atoms with Crippen molar-refractivity contribution in [2.75, 3.05) is 0 Å². The summed E-state index contributed by atoms with van der Waals surface area (Å²) < 4.78 is 8.22. The quantitative estimate of drug-likeness (QED) is 0.688. The molecule has 0 aliphatic carbocycles. The lowest BCUT2D eigenvalue weighted by Crippen LogP contribution is -2.16. The van der Waals surface area contributed by atoms with E-state index in [4.69, 9.17) is 4.42 Å². The van der Waals surface area contributed by atoms with Crippen LogP contribution in [0.15, 0.2) is 58.7 Å². The molecule has 2 heterocycles. The van der Waals surface area contributed by atoms with Crippen LogP contribution in [0.4, 0.5) is 0 Å². The summed E-state index contributed by atoms with van der Waals surface area (Å²) in [5.41, 5.74) is 2.33. The van der Waals surface area contributed by atoms with Crippen LogP contribution in [0.2, 0.25) is 0 Å². The highest BCUT2D eigenvalue weighted by atomic mass is 32.1. The predicted molar refractivity (Wildman–Crippen MR) is 88.0 cm³/mol. The number of nitrogens with zero attached hydrogens (tertiary/aromatic N) is 2. The van der Waals surface area contributed by atoms with Crippen LogP contribution in [-0.2, 0) is 13.0 Å². The lowest BCUT2D eigenvalue weighted by atomic mass is 10.2. The molecular formula is C17H16N2O2S. The fourth-order valence-electron chi connectivity index (χ4n) is 2.27. The third-order valence-electron chi connectivity index (χ3n) is 3.40. The monoisotopic (exact) mass is 312 g/mol. The number of fused-ring (bicyclic) bond motifs is 1. The molecular weight excluding hydrogens is 296 g/mol. The Morgan fingerprint density at radius 3 is 3.00 bits per heavy atom. The zero-order valence-corrected chi connectivity index (χ0v) is 13.1. The van der Waals surface area contributed by atoms with Gasteiger partial charge in [-0.25, -0.2) is 0 Å². The van der Waals surface area contributed by atoms with E-state index in [1.165, 1.54) is 23.2 Å². The van der Waals surface area contributed by atoms with Crippen molar-refractivity contribution in [2.45, 2.75) is 19.9 Å². The van der Waals surface area contributed by atoms with E-state index in [-0.39, 0.29) is 11.7 Å². The maximum atomic E-state index is 12.1. The Balaban J connectivity index is 2.17. The number of thiazole rings is 1. The molecule has 2 aromatic heterocycles. The second-order valence-electron chi connectivity index (χ2n) is 4.83. The Labute approximate surface area is 132 Å². The normalized spacial score (nSPS) is 12.0. The number of rotatable bonds is 4. The SMILES string of the molecule is C=CCn1c(=NC(=O)c2ccco2)sc2cc(CC)ccc21. The number of amides is 1. The van der Waals surface area contributed by atoms with Crippen molar-refractivity contribution in [1.82, 2.24) is 4.57 Å². The Morgan fingerprint density at radius 1 is 1.45 bits per heavy atom. The van der Waals surface area contributed by atoms with E-state index >= 15 is 0 Å². The number of hydrogen-bond donors (Lipinski definition) is 0. The molecule has 0 bridgehead atoms. The molecule has 22 heavy (non-hydrogen) atoms. The molecule has 112 valence electrons. The van der Waals surface area contributed by atoms with Crippen molar-refractivity contribution in [2.24, 2.45) is 4.99 Å². The maximum Gasteiger partial charge on any atom is 0.315 e. The molecule has 0 saturated heterocycles. The van der Waals surface area contributed by atoms with Crippen LogP contribution in [0.5, 0.6) is 0 Å². The summed E-state index contributed by atoms with van der Waals surface area (Å²) in [5, 5.41) is 0. The molecule has 4 nitrogen and oxygen atoms in total. The first kappa shape index (κ1) is 14.5. The zero-order chi connectivity index (χ0) is 15.5. The number of benzene rings is 1. The fraction of sp³-hybridized carbons (Fsp3) is 0.176. The molecule has 1 aromatic carbocycles. The maximum absolute atomic E-state index is 12.1. The van der Waals surface area contributed by atoms with E-state index in [1.54, 1.807) is 18.2 Å². The van der Waals surface area contributed by atoms with Gasteiger partial charge in [0.15, 0.2) is 10.6 Å². The van der Waals surface area contributed by atoms with Crippen LogP contribution in [-0.4, -0.2) is 10.5 Å². The largest absolute Gasteiger partial charge is 0.459 e. The lowest BCUT2D eigenvalue weighted by Gasteiger charge is -2.01.